The van der Waals surface area contributed by atoms with Gasteiger partial charge in [-0.25, -0.2) is 4.79 Å². The molecule has 0 aromatic heterocycles. The molecule has 0 bridgehead atoms. The van der Waals surface area contributed by atoms with Gasteiger partial charge < -0.3 is 16.2 Å². The van der Waals surface area contributed by atoms with E-state index in [1.807, 2.05) is 0 Å². The number of carbonyl (C=O) groups excluding carboxylic acids is 1. The van der Waals surface area contributed by atoms with E-state index in [-0.39, 0.29) is 17.2 Å². The second-order valence-corrected chi connectivity index (χ2v) is 4.82. The quantitative estimate of drug-likeness (QED) is 0.502. The minimum Gasteiger partial charge on any atom is -0.478 e. The number of nitrogens with one attached hydrogen (secondary N) is 1. The van der Waals surface area contributed by atoms with Gasteiger partial charge in [0.25, 0.3) is 0 Å². The van der Waals surface area contributed by atoms with Gasteiger partial charge in [0.15, 0.2) is 0 Å². The second-order valence-electron chi connectivity index (χ2n) is 4.82. The van der Waals surface area contributed by atoms with Gasteiger partial charge in [0.05, 0.1) is 16.9 Å². The Morgan fingerprint density at radius 3 is 2.50 bits per heavy atom. The first-order chi connectivity index (χ1) is 9.54. The molecule has 20 heavy (non-hydrogen) atoms. The second kappa shape index (κ2) is 8.19. The van der Waals surface area contributed by atoms with E-state index < -0.39 is 5.97 Å². The first-order valence-electron chi connectivity index (χ1n) is 6.97. The fraction of sp³-hybridized carbons (Fsp3) is 0.467. The van der Waals surface area contributed by atoms with Crippen molar-refractivity contribution in [3.05, 3.63) is 23.8 Å². The lowest BCUT2D eigenvalue weighted by Gasteiger charge is -2.08. The smallest absolute Gasteiger partial charge is 0.335 e. The summed E-state index contributed by atoms with van der Waals surface area (Å²) in [6, 6.07) is 4.29. The van der Waals surface area contributed by atoms with Crippen LogP contribution in [-0.4, -0.2) is 17.0 Å². The number of aromatic carboxylic acids is 1. The largest absolute Gasteiger partial charge is 0.478 e. The Hall–Kier alpha value is -2.04. The van der Waals surface area contributed by atoms with Gasteiger partial charge in [-0.15, -0.1) is 0 Å². The van der Waals surface area contributed by atoms with Crippen LogP contribution in [-0.2, 0) is 4.79 Å². The van der Waals surface area contributed by atoms with Crippen molar-refractivity contribution in [3.8, 4) is 0 Å². The molecule has 5 nitrogen and oxygen atoms in total. The average molecular weight is 278 g/mol. The van der Waals surface area contributed by atoms with Crippen LogP contribution in [0.4, 0.5) is 11.4 Å². The molecule has 0 aliphatic carbocycles. The maximum absolute atomic E-state index is 11.7. The van der Waals surface area contributed by atoms with E-state index in [0.29, 0.717) is 12.1 Å². The zero-order chi connectivity index (χ0) is 15.0. The molecule has 0 saturated heterocycles. The van der Waals surface area contributed by atoms with Gasteiger partial charge in [-0.1, -0.05) is 32.6 Å². The molecule has 110 valence electrons. The number of benzene rings is 1. The minimum atomic E-state index is -1.04. The maximum atomic E-state index is 11.7. The highest BCUT2D eigenvalue weighted by Gasteiger charge is 2.08. The van der Waals surface area contributed by atoms with Crippen molar-refractivity contribution < 1.29 is 14.7 Å². The van der Waals surface area contributed by atoms with Crippen LogP contribution in [0.2, 0.25) is 0 Å². The van der Waals surface area contributed by atoms with Crippen molar-refractivity contribution in [2.24, 2.45) is 0 Å². The van der Waals surface area contributed by atoms with Crippen LogP contribution < -0.4 is 11.1 Å². The lowest BCUT2D eigenvalue weighted by atomic mass is 10.1. The number of hydrogen-bond donors (Lipinski definition) is 3. The molecule has 5 heteroatoms. The molecule has 0 saturated carbocycles. The van der Waals surface area contributed by atoms with Crippen molar-refractivity contribution in [3.63, 3.8) is 0 Å². The fourth-order valence-corrected chi connectivity index (χ4v) is 1.91. The van der Waals surface area contributed by atoms with Gasteiger partial charge in [0.1, 0.15) is 0 Å². The molecule has 0 fully saturated rings. The summed E-state index contributed by atoms with van der Waals surface area (Å²) in [7, 11) is 0. The van der Waals surface area contributed by atoms with Gasteiger partial charge in [-0.2, -0.15) is 0 Å². The Bertz CT molecular complexity index is 472. The average Bonchev–Trinajstić information content (AvgIpc) is 2.40. The summed E-state index contributed by atoms with van der Waals surface area (Å²) in [6.07, 6.45) is 5.90. The zero-order valence-corrected chi connectivity index (χ0v) is 11.8. The topological polar surface area (TPSA) is 92.4 Å². The third-order valence-electron chi connectivity index (χ3n) is 3.08. The maximum Gasteiger partial charge on any atom is 0.335 e. The van der Waals surface area contributed by atoms with E-state index in [0.717, 1.165) is 19.3 Å². The Balaban J connectivity index is 2.44. The van der Waals surface area contributed by atoms with Crippen LogP contribution in [0, 0.1) is 0 Å². The van der Waals surface area contributed by atoms with E-state index in [1.54, 1.807) is 0 Å². The van der Waals surface area contributed by atoms with Crippen molar-refractivity contribution in [1.82, 2.24) is 0 Å². The number of hydrogen-bond acceptors (Lipinski definition) is 3. The number of carboxylic acid groups (broad SMARTS) is 1. The molecule has 0 aliphatic heterocycles. The van der Waals surface area contributed by atoms with Gasteiger partial charge in [0.2, 0.25) is 5.91 Å². The molecule has 0 atom stereocenters. The third kappa shape index (κ3) is 5.30. The van der Waals surface area contributed by atoms with Crippen LogP contribution in [0.3, 0.4) is 0 Å². The van der Waals surface area contributed by atoms with Crippen molar-refractivity contribution in [2.75, 3.05) is 11.1 Å². The molecular weight excluding hydrogens is 256 g/mol. The van der Waals surface area contributed by atoms with Gasteiger partial charge in [-0.05, 0) is 24.6 Å². The number of amides is 1. The van der Waals surface area contributed by atoms with E-state index in [9.17, 15) is 9.59 Å². The first-order valence-corrected chi connectivity index (χ1v) is 6.97. The monoisotopic (exact) mass is 278 g/mol. The van der Waals surface area contributed by atoms with E-state index in [1.165, 1.54) is 31.0 Å². The molecule has 1 aromatic rings. The molecular formula is C15H22N2O3. The SMILES string of the molecule is CCCCCCCC(=O)Nc1ccc(C(=O)O)cc1N. The summed E-state index contributed by atoms with van der Waals surface area (Å²) in [5.74, 6) is -1.12. The summed E-state index contributed by atoms with van der Waals surface area (Å²) in [6.45, 7) is 2.15. The van der Waals surface area contributed by atoms with Crippen molar-refractivity contribution in [2.45, 2.75) is 45.4 Å². The van der Waals surface area contributed by atoms with Crippen LogP contribution in [0.25, 0.3) is 0 Å². The normalized spacial score (nSPS) is 10.2. The highest BCUT2D eigenvalue weighted by atomic mass is 16.4. The number of anilines is 2. The van der Waals surface area contributed by atoms with E-state index in [4.69, 9.17) is 10.8 Å². The van der Waals surface area contributed by atoms with Crippen LogP contribution in [0.5, 0.6) is 0 Å². The molecule has 1 amide bonds. The number of nitrogen functional groups attached to an aromatic ring is 1. The molecule has 1 rings (SSSR count). The van der Waals surface area contributed by atoms with Crippen LogP contribution >= 0.6 is 0 Å². The summed E-state index contributed by atoms with van der Waals surface area (Å²) >= 11 is 0. The first kappa shape index (κ1) is 16.0. The summed E-state index contributed by atoms with van der Waals surface area (Å²) in [5.41, 5.74) is 6.57. The zero-order valence-electron chi connectivity index (χ0n) is 11.8. The predicted molar refractivity (Wildman–Crippen MR) is 79.8 cm³/mol. The number of carboxylic acids is 1. The molecule has 4 N–H and O–H groups in total. The Kier molecular flexibility index (Phi) is 6.56. The van der Waals surface area contributed by atoms with Gasteiger partial charge in [0, 0.05) is 6.42 Å². The van der Waals surface area contributed by atoms with E-state index >= 15 is 0 Å². The number of nitrogens with two attached hydrogens (primary N) is 1. The van der Waals surface area contributed by atoms with Crippen molar-refractivity contribution in [1.29, 1.82) is 0 Å². The lowest BCUT2D eigenvalue weighted by Crippen LogP contribution is -2.13. The number of rotatable bonds is 8. The van der Waals surface area contributed by atoms with Crippen LogP contribution in [0.15, 0.2) is 18.2 Å². The molecule has 1 aromatic carbocycles. The highest BCUT2D eigenvalue weighted by Crippen LogP contribution is 2.20. The van der Waals surface area contributed by atoms with E-state index in [2.05, 4.69) is 12.2 Å². The van der Waals surface area contributed by atoms with Crippen LogP contribution in [0.1, 0.15) is 55.8 Å². The highest BCUT2D eigenvalue weighted by molar-refractivity contribution is 5.96. The van der Waals surface area contributed by atoms with Gasteiger partial charge in [-0.3, -0.25) is 4.79 Å². The lowest BCUT2D eigenvalue weighted by molar-refractivity contribution is -0.116. The summed E-state index contributed by atoms with van der Waals surface area (Å²) < 4.78 is 0. The predicted octanol–water partition coefficient (Wildman–Crippen LogP) is 3.27. The Labute approximate surface area is 119 Å². The van der Waals surface area contributed by atoms with Crippen molar-refractivity contribution >= 4 is 23.3 Å². The molecule has 0 aliphatic rings. The third-order valence-corrected chi connectivity index (χ3v) is 3.08. The number of carbonyl (C=O) groups is 2. The molecule has 0 radical (unpaired) electrons. The van der Waals surface area contributed by atoms with Gasteiger partial charge >= 0.3 is 5.97 Å². The minimum absolute atomic E-state index is 0.0868. The molecule has 0 spiro atoms. The Morgan fingerprint density at radius 2 is 1.90 bits per heavy atom. The molecule has 0 unspecified atom stereocenters. The summed E-state index contributed by atoms with van der Waals surface area (Å²) in [5, 5.41) is 11.5. The fourth-order valence-electron chi connectivity index (χ4n) is 1.91. The summed E-state index contributed by atoms with van der Waals surface area (Å²) in [4.78, 5) is 22.5. The standard InChI is InChI=1S/C15H22N2O3/c1-2-3-4-5-6-7-14(18)17-13-9-8-11(15(19)20)10-12(13)16/h8-10H,2-7,16H2,1H3,(H,17,18)(H,19,20). The Morgan fingerprint density at radius 1 is 1.20 bits per heavy atom. The molecule has 0 heterocycles. The number of unbranched alkanes of at least 4 members (excludes halogenated alkanes) is 4.